The molecule has 1 radical (unpaired) electrons. The molecule has 4 atom stereocenters. The Kier molecular flexibility index (Phi) is 8.59. The van der Waals surface area contributed by atoms with E-state index in [1.165, 1.54) is 9.13 Å². The van der Waals surface area contributed by atoms with Crippen molar-refractivity contribution in [2.75, 3.05) is 11.9 Å². The van der Waals surface area contributed by atoms with Gasteiger partial charge in [-0.2, -0.15) is 0 Å². The number of imidazole rings is 1. The molecule has 1 unspecified atom stereocenters. The number of fused-ring (bicyclic) bond motifs is 1. The van der Waals surface area contributed by atoms with Crippen LogP contribution in [0.3, 0.4) is 0 Å². The van der Waals surface area contributed by atoms with Gasteiger partial charge >= 0.3 is 0 Å². The van der Waals surface area contributed by atoms with Gasteiger partial charge in [0.1, 0.15) is 26.6 Å². The van der Waals surface area contributed by atoms with Gasteiger partial charge in [0.2, 0.25) is 0 Å². The van der Waals surface area contributed by atoms with E-state index in [2.05, 4.69) is 128 Å². The van der Waals surface area contributed by atoms with E-state index in [-0.39, 0.29) is 29.5 Å². The van der Waals surface area contributed by atoms with Crippen molar-refractivity contribution in [3.8, 4) is 0 Å². The number of nitrogens with one attached hydrogen (secondary N) is 1. The summed E-state index contributed by atoms with van der Waals surface area (Å²) in [6.45, 7) is 19.6. The summed E-state index contributed by atoms with van der Waals surface area (Å²) in [7, 11) is -1.06. The van der Waals surface area contributed by atoms with Gasteiger partial charge in [0.15, 0.2) is 17.0 Å². The van der Waals surface area contributed by atoms with Crippen molar-refractivity contribution in [1.82, 2.24) is 19.5 Å². The van der Waals surface area contributed by atoms with Crippen LogP contribution in [0.1, 0.15) is 66.5 Å². The number of anilines is 1. The molecule has 8 nitrogen and oxygen atoms in total. The number of aromatic nitrogens is 4. The van der Waals surface area contributed by atoms with E-state index in [0.29, 0.717) is 18.8 Å². The molecule has 10 heteroatoms. The quantitative estimate of drug-likeness (QED) is 0.225. The number of ether oxygens (including phenoxy) is 3. The maximum atomic E-state index is 6.96. The summed E-state index contributed by atoms with van der Waals surface area (Å²) >= 11 is 2.32. The number of rotatable bonds is 8. The van der Waals surface area contributed by atoms with E-state index in [4.69, 9.17) is 19.2 Å². The van der Waals surface area contributed by atoms with Crippen molar-refractivity contribution in [2.24, 2.45) is 0 Å². The molecule has 4 rings (SSSR count). The molecule has 0 saturated carbocycles. The maximum absolute atomic E-state index is 6.96. The van der Waals surface area contributed by atoms with E-state index >= 15 is 0 Å². The van der Waals surface area contributed by atoms with Crippen molar-refractivity contribution in [3.05, 3.63) is 46.1 Å². The summed E-state index contributed by atoms with van der Waals surface area (Å²) in [4.78, 5) is 14.0. The van der Waals surface area contributed by atoms with Crippen molar-refractivity contribution >= 4 is 48.4 Å². The van der Waals surface area contributed by atoms with Crippen LogP contribution in [0.4, 0.5) is 5.82 Å². The second kappa shape index (κ2) is 11.1. The van der Waals surface area contributed by atoms with Crippen molar-refractivity contribution in [3.63, 3.8) is 0 Å². The Morgan fingerprint density at radius 2 is 1.79 bits per heavy atom. The predicted octanol–water partition coefficient (Wildman–Crippen LogP) is 6.34. The zero-order chi connectivity index (χ0) is 27.9. The Morgan fingerprint density at radius 1 is 1.11 bits per heavy atom. The van der Waals surface area contributed by atoms with Gasteiger partial charge < -0.3 is 19.5 Å². The number of hydrogen-bond acceptors (Lipinski definition) is 7. The minimum absolute atomic E-state index is 0.0624. The Hall–Kier alpha value is -1.60. The van der Waals surface area contributed by atoms with Gasteiger partial charge in [-0.05, 0) is 88.8 Å². The summed E-state index contributed by atoms with van der Waals surface area (Å²) in [5.74, 6) is 0.712. The Balaban J connectivity index is 1.69. The van der Waals surface area contributed by atoms with Crippen molar-refractivity contribution in [2.45, 2.75) is 103 Å². The second-order valence-electron chi connectivity index (χ2n) is 12.3. The molecule has 0 spiro atoms. The average Bonchev–Trinajstić information content (AvgIpc) is 3.39. The summed E-state index contributed by atoms with van der Waals surface area (Å²) in [6.07, 6.45) is 3.86. The molecule has 207 valence electrons. The lowest BCUT2D eigenvalue weighted by Gasteiger charge is -2.34. The first kappa shape index (κ1) is 29.4. The third-order valence-electron chi connectivity index (χ3n) is 6.65. The van der Waals surface area contributed by atoms with Crippen LogP contribution < -0.4 is 5.32 Å². The number of hydrogen-bond donors (Lipinski definition) is 1. The Bertz CT molecular complexity index is 1240. The topological polar surface area (TPSA) is 83.3 Å². The molecule has 0 aliphatic carbocycles. The molecule has 1 aromatic carbocycles. The summed E-state index contributed by atoms with van der Waals surface area (Å²) in [5, 5.41) is 2.96. The lowest BCUT2D eigenvalue weighted by molar-refractivity contribution is -0.139. The molecule has 3 heterocycles. The fourth-order valence-electron chi connectivity index (χ4n) is 4.79. The minimum atomic E-state index is -1.06. The monoisotopic (exact) mass is 650 g/mol. The summed E-state index contributed by atoms with van der Waals surface area (Å²) < 4.78 is 23.0. The maximum Gasteiger partial charge on any atom is 0.167 e. The third-order valence-corrected chi connectivity index (χ3v) is 9.50. The first-order valence-electron chi connectivity index (χ1n) is 13.2. The third kappa shape index (κ3) is 6.57. The molecule has 1 N–H and O–H groups in total. The normalized spacial score (nSPS) is 23.3. The summed E-state index contributed by atoms with van der Waals surface area (Å²) in [6, 6.07) is 8.56. The highest BCUT2D eigenvalue weighted by molar-refractivity contribution is 14.1. The predicted molar refractivity (Wildman–Crippen MR) is 162 cm³/mol. The highest BCUT2D eigenvalue weighted by Gasteiger charge is 2.52. The lowest BCUT2D eigenvalue weighted by atomic mass is 10.1. The number of nitrogens with zero attached hydrogens (tertiary/aromatic N) is 4. The van der Waals surface area contributed by atoms with Crippen LogP contribution in [0, 0.1) is 3.57 Å². The SMILES string of the molecule is CC(Nc1ncnc2c1ncn2[C@@]1([Si](C)C)C[C@H](OC(C)(C)C)[C@@H](COC(C)(C)C)O1)c1ccc(I)cc1. The Morgan fingerprint density at radius 3 is 2.39 bits per heavy atom. The van der Waals surface area contributed by atoms with Gasteiger partial charge in [-0.3, -0.25) is 4.57 Å². The van der Waals surface area contributed by atoms with E-state index in [9.17, 15) is 0 Å². The average molecular weight is 651 g/mol. The zero-order valence-electron chi connectivity index (χ0n) is 24.0. The lowest BCUT2D eigenvalue weighted by Crippen LogP contribution is -2.45. The highest BCUT2D eigenvalue weighted by Crippen LogP contribution is 2.42. The smallest absolute Gasteiger partial charge is 0.167 e. The molecular weight excluding hydrogens is 609 g/mol. The standard InChI is InChI=1S/C28H41IN5O3Si/c1-18(19-10-12-20(29)13-11-19)33-24-23-25(31-16-30-24)34(17-32-23)28(38(8)9)14-21(36-27(5,6)7)22(37-28)15-35-26(2,3)4/h10-13,16-18,21-22H,14-15H2,1-9H3,(H,30,31,33)/t18?,21-,22+,28-/m0/s1. The van der Waals surface area contributed by atoms with Crippen LogP contribution in [-0.4, -0.2) is 58.3 Å². The van der Waals surface area contributed by atoms with Gasteiger partial charge in [-0.15, -0.1) is 0 Å². The van der Waals surface area contributed by atoms with Gasteiger partial charge in [-0.1, -0.05) is 25.2 Å². The van der Waals surface area contributed by atoms with E-state index in [1.54, 1.807) is 6.33 Å². The minimum Gasteiger partial charge on any atom is -0.373 e. The van der Waals surface area contributed by atoms with Crippen molar-refractivity contribution < 1.29 is 14.2 Å². The molecule has 0 amide bonds. The molecular formula is C28H41IN5O3Si. The van der Waals surface area contributed by atoms with Gasteiger partial charge in [0, 0.05) is 9.99 Å². The Labute approximate surface area is 242 Å². The molecule has 38 heavy (non-hydrogen) atoms. The fourth-order valence-corrected chi connectivity index (χ4v) is 6.79. The molecule has 1 saturated heterocycles. The van der Waals surface area contributed by atoms with E-state index in [1.807, 2.05) is 6.33 Å². The molecule has 0 bridgehead atoms. The van der Waals surface area contributed by atoms with Gasteiger partial charge in [-0.25, -0.2) is 15.0 Å². The van der Waals surface area contributed by atoms with E-state index < -0.39 is 14.1 Å². The van der Waals surface area contributed by atoms with Gasteiger partial charge in [0.25, 0.3) is 0 Å². The van der Waals surface area contributed by atoms with Gasteiger partial charge in [0.05, 0.1) is 36.3 Å². The van der Waals surface area contributed by atoms with Crippen LogP contribution in [0.15, 0.2) is 36.9 Å². The first-order valence-corrected chi connectivity index (χ1v) is 16.8. The summed E-state index contributed by atoms with van der Waals surface area (Å²) in [5.41, 5.74) is 2.11. The first-order chi connectivity index (χ1) is 17.7. The molecule has 3 aromatic rings. The molecule has 1 fully saturated rings. The van der Waals surface area contributed by atoms with Crippen LogP contribution in [0.25, 0.3) is 11.2 Å². The van der Waals surface area contributed by atoms with E-state index in [0.717, 1.165) is 11.2 Å². The van der Waals surface area contributed by atoms with Crippen LogP contribution in [-0.2, 0) is 19.6 Å². The molecule has 1 aliphatic heterocycles. The second-order valence-corrected chi connectivity index (χ2v) is 16.3. The zero-order valence-corrected chi connectivity index (χ0v) is 27.2. The van der Waals surface area contributed by atoms with Crippen LogP contribution in [0.2, 0.25) is 13.1 Å². The highest BCUT2D eigenvalue weighted by atomic mass is 127. The molecule has 2 aromatic heterocycles. The molecule has 1 aliphatic rings. The van der Waals surface area contributed by atoms with Crippen LogP contribution >= 0.6 is 22.6 Å². The largest absolute Gasteiger partial charge is 0.373 e. The number of halogens is 1. The number of benzene rings is 1. The van der Waals surface area contributed by atoms with Crippen molar-refractivity contribution in [1.29, 1.82) is 0 Å². The van der Waals surface area contributed by atoms with Crippen LogP contribution in [0.5, 0.6) is 0 Å². The fraction of sp³-hybridized carbons (Fsp3) is 0.607.